The summed E-state index contributed by atoms with van der Waals surface area (Å²) in [6.45, 7) is 0. The van der Waals surface area contributed by atoms with E-state index >= 15 is 0 Å². The lowest BCUT2D eigenvalue weighted by molar-refractivity contribution is 0.0984. The van der Waals surface area contributed by atoms with Crippen molar-refractivity contribution >= 4 is 5.78 Å². The lowest BCUT2D eigenvalue weighted by atomic mass is 9.89. The first kappa shape index (κ1) is 10.9. The molecule has 82 valence electrons. The first-order valence-corrected chi connectivity index (χ1v) is 5.83. The largest absolute Gasteiger partial charge is 0.294 e. The van der Waals surface area contributed by atoms with Gasteiger partial charge in [0.15, 0.2) is 5.78 Å². The number of rotatable bonds is 3. The second kappa shape index (κ2) is 4.94. The molecule has 2 nitrogen and oxygen atoms in total. The van der Waals surface area contributed by atoms with Crippen LogP contribution in [0.15, 0.2) is 18.2 Å². The van der Waals surface area contributed by atoms with Gasteiger partial charge in [-0.3, -0.25) is 4.79 Å². The predicted molar refractivity (Wildman–Crippen MR) is 62.3 cm³/mol. The van der Waals surface area contributed by atoms with Gasteiger partial charge in [0.1, 0.15) is 0 Å². The third kappa shape index (κ3) is 2.30. The normalized spacial score (nSPS) is 13.9. The van der Waals surface area contributed by atoms with E-state index < -0.39 is 0 Å². The van der Waals surface area contributed by atoms with Crippen LogP contribution in [0.2, 0.25) is 0 Å². The summed E-state index contributed by atoms with van der Waals surface area (Å²) < 4.78 is 0. The zero-order valence-electron chi connectivity index (χ0n) is 9.33. The van der Waals surface area contributed by atoms with Crippen LogP contribution in [-0.2, 0) is 12.8 Å². The molecule has 0 radical (unpaired) electrons. The lowest BCUT2D eigenvalue weighted by Gasteiger charge is -2.16. The van der Waals surface area contributed by atoms with Crippen molar-refractivity contribution in [3.8, 4) is 6.07 Å². The van der Waals surface area contributed by atoms with Crippen molar-refractivity contribution < 1.29 is 4.79 Å². The topological polar surface area (TPSA) is 40.9 Å². The molecule has 0 saturated carbocycles. The number of carbonyl (C=O) groups is 1. The summed E-state index contributed by atoms with van der Waals surface area (Å²) in [6, 6.07) is 8.02. The Kier molecular flexibility index (Phi) is 3.36. The average molecular weight is 213 g/mol. The van der Waals surface area contributed by atoms with Crippen molar-refractivity contribution in [2.24, 2.45) is 0 Å². The Morgan fingerprint density at radius 3 is 2.75 bits per heavy atom. The van der Waals surface area contributed by atoms with Gasteiger partial charge >= 0.3 is 0 Å². The second-order valence-electron chi connectivity index (χ2n) is 4.27. The molecule has 1 aromatic carbocycles. The number of nitrogens with zero attached hydrogens (tertiary/aromatic N) is 1. The number of hydrogen-bond acceptors (Lipinski definition) is 2. The lowest BCUT2D eigenvalue weighted by Crippen LogP contribution is -2.06. The van der Waals surface area contributed by atoms with Gasteiger partial charge in [-0.1, -0.05) is 12.1 Å². The molecule has 0 bridgehead atoms. The Morgan fingerprint density at radius 2 is 2.00 bits per heavy atom. The third-order valence-electron chi connectivity index (χ3n) is 3.13. The smallest absolute Gasteiger partial charge is 0.163 e. The fourth-order valence-corrected chi connectivity index (χ4v) is 2.22. The Hall–Kier alpha value is -1.62. The van der Waals surface area contributed by atoms with E-state index in [9.17, 15) is 4.79 Å². The molecule has 0 aromatic heterocycles. The van der Waals surface area contributed by atoms with Gasteiger partial charge in [0.05, 0.1) is 6.07 Å². The summed E-state index contributed by atoms with van der Waals surface area (Å²) in [5.74, 6) is 0.0925. The number of aryl methyl sites for hydroxylation is 2. The molecule has 2 heteroatoms. The Balaban J connectivity index is 2.17. The van der Waals surface area contributed by atoms with Crippen LogP contribution in [0.5, 0.6) is 0 Å². The summed E-state index contributed by atoms with van der Waals surface area (Å²) in [7, 11) is 0. The zero-order chi connectivity index (χ0) is 11.4. The Labute approximate surface area is 95.9 Å². The van der Waals surface area contributed by atoms with Crippen LogP contribution in [0.25, 0.3) is 0 Å². The highest BCUT2D eigenvalue weighted by molar-refractivity contribution is 5.96. The van der Waals surface area contributed by atoms with Gasteiger partial charge in [-0.2, -0.15) is 5.26 Å². The maximum atomic E-state index is 11.7. The molecule has 1 aliphatic carbocycles. The molecule has 2 rings (SSSR count). The molecular formula is C14H15NO. The van der Waals surface area contributed by atoms with Crippen LogP contribution in [0.4, 0.5) is 0 Å². The van der Waals surface area contributed by atoms with Crippen molar-refractivity contribution in [3.05, 3.63) is 34.9 Å². The van der Waals surface area contributed by atoms with Gasteiger partial charge in [0.25, 0.3) is 0 Å². The minimum Gasteiger partial charge on any atom is -0.294 e. The van der Waals surface area contributed by atoms with Gasteiger partial charge in [0, 0.05) is 18.4 Å². The van der Waals surface area contributed by atoms with E-state index in [4.69, 9.17) is 5.26 Å². The molecule has 0 heterocycles. The van der Waals surface area contributed by atoms with Gasteiger partial charge in [-0.15, -0.1) is 0 Å². The van der Waals surface area contributed by atoms with Crippen LogP contribution < -0.4 is 0 Å². The van der Waals surface area contributed by atoms with E-state index in [1.54, 1.807) is 0 Å². The number of benzene rings is 1. The Bertz CT molecular complexity index is 443. The van der Waals surface area contributed by atoms with Crippen LogP contribution in [-0.4, -0.2) is 5.78 Å². The zero-order valence-corrected chi connectivity index (χ0v) is 9.33. The molecule has 0 N–H and O–H groups in total. The van der Waals surface area contributed by atoms with Crippen molar-refractivity contribution in [2.75, 3.05) is 0 Å². The van der Waals surface area contributed by atoms with E-state index in [2.05, 4.69) is 6.07 Å². The highest BCUT2D eigenvalue weighted by Crippen LogP contribution is 2.22. The summed E-state index contributed by atoms with van der Waals surface area (Å²) in [5, 5.41) is 8.45. The molecule has 0 spiro atoms. The van der Waals surface area contributed by atoms with E-state index in [-0.39, 0.29) is 5.78 Å². The SMILES string of the molecule is N#CCCC(=O)c1ccc2c(c1)CCCC2. The molecule has 0 saturated heterocycles. The predicted octanol–water partition coefficient (Wildman–Crippen LogP) is 3.05. The standard InChI is InChI=1S/C14H15NO/c15-9-3-6-14(16)13-8-7-11-4-1-2-5-12(11)10-13/h7-8,10H,1-6H2. The highest BCUT2D eigenvalue weighted by Gasteiger charge is 2.12. The molecule has 0 amide bonds. The number of hydrogen-bond donors (Lipinski definition) is 0. The molecular weight excluding hydrogens is 198 g/mol. The van der Waals surface area contributed by atoms with Crippen LogP contribution in [0.1, 0.15) is 47.2 Å². The van der Waals surface area contributed by atoms with E-state index in [1.165, 1.54) is 24.0 Å². The monoisotopic (exact) mass is 213 g/mol. The second-order valence-corrected chi connectivity index (χ2v) is 4.27. The van der Waals surface area contributed by atoms with Crippen LogP contribution in [0.3, 0.4) is 0 Å². The maximum absolute atomic E-state index is 11.7. The summed E-state index contributed by atoms with van der Waals surface area (Å²) in [5.41, 5.74) is 3.49. The van der Waals surface area contributed by atoms with Gasteiger partial charge in [0.2, 0.25) is 0 Å². The van der Waals surface area contributed by atoms with Crippen molar-refractivity contribution in [1.82, 2.24) is 0 Å². The van der Waals surface area contributed by atoms with Crippen molar-refractivity contribution in [1.29, 1.82) is 5.26 Å². The van der Waals surface area contributed by atoms with Gasteiger partial charge in [-0.05, 0) is 42.9 Å². The number of Topliss-reactive ketones (excluding diaryl/α,β-unsaturated/α-hetero) is 1. The van der Waals surface area contributed by atoms with E-state index in [1.807, 2.05) is 18.2 Å². The van der Waals surface area contributed by atoms with Crippen molar-refractivity contribution in [2.45, 2.75) is 38.5 Å². The maximum Gasteiger partial charge on any atom is 0.163 e. The van der Waals surface area contributed by atoms with Crippen LogP contribution in [0, 0.1) is 11.3 Å². The van der Waals surface area contributed by atoms with E-state index in [0.29, 0.717) is 12.8 Å². The summed E-state index contributed by atoms with van der Waals surface area (Å²) in [4.78, 5) is 11.7. The molecule has 1 aliphatic rings. The number of carbonyl (C=O) groups excluding carboxylic acids is 1. The van der Waals surface area contributed by atoms with Gasteiger partial charge < -0.3 is 0 Å². The summed E-state index contributed by atoms with van der Waals surface area (Å²) in [6.07, 6.45) is 5.37. The number of ketones is 1. The van der Waals surface area contributed by atoms with Crippen molar-refractivity contribution in [3.63, 3.8) is 0 Å². The fourth-order valence-electron chi connectivity index (χ4n) is 2.22. The minimum atomic E-state index is 0.0925. The fraction of sp³-hybridized carbons (Fsp3) is 0.429. The molecule has 0 atom stereocenters. The molecule has 0 unspecified atom stereocenters. The Morgan fingerprint density at radius 1 is 1.25 bits per heavy atom. The van der Waals surface area contributed by atoms with Crippen LogP contribution >= 0.6 is 0 Å². The number of nitriles is 1. The summed E-state index contributed by atoms with van der Waals surface area (Å²) >= 11 is 0. The van der Waals surface area contributed by atoms with Gasteiger partial charge in [-0.25, -0.2) is 0 Å². The average Bonchev–Trinajstić information content (AvgIpc) is 2.35. The first-order valence-electron chi connectivity index (χ1n) is 5.83. The number of fused-ring (bicyclic) bond motifs is 1. The highest BCUT2D eigenvalue weighted by atomic mass is 16.1. The third-order valence-corrected chi connectivity index (χ3v) is 3.13. The molecule has 1 aromatic rings. The quantitative estimate of drug-likeness (QED) is 0.724. The molecule has 16 heavy (non-hydrogen) atoms. The molecule has 0 fully saturated rings. The minimum absolute atomic E-state index is 0.0925. The molecule has 0 aliphatic heterocycles. The first-order chi connectivity index (χ1) is 7.81. The van der Waals surface area contributed by atoms with E-state index in [0.717, 1.165) is 18.4 Å².